The van der Waals surface area contributed by atoms with E-state index in [1.54, 1.807) is 13.2 Å². The predicted octanol–water partition coefficient (Wildman–Crippen LogP) is 4.01. The first-order valence-electron chi connectivity index (χ1n) is 11.3. The molecular formula is C26H28O7. The Balaban J connectivity index is 1.53. The molecule has 7 heteroatoms. The number of carbonyl (C=O) groups is 2. The predicted molar refractivity (Wildman–Crippen MR) is 120 cm³/mol. The van der Waals surface area contributed by atoms with E-state index < -0.39 is 11.4 Å². The maximum absolute atomic E-state index is 12.3. The van der Waals surface area contributed by atoms with Gasteiger partial charge in [0, 0.05) is 30.8 Å². The average molecular weight is 453 g/mol. The number of fused-ring (bicyclic) bond motifs is 1. The summed E-state index contributed by atoms with van der Waals surface area (Å²) >= 11 is 0. The number of hydrogen-bond donors (Lipinski definition) is 1. The molecule has 33 heavy (non-hydrogen) atoms. The van der Waals surface area contributed by atoms with E-state index in [0.717, 1.165) is 28.7 Å². The van der Waals surface area contributed by atoms with E-state index in [1.807, 2.05) is 24.3 Å². The quantitative estimate of drug-likeness (QED) is 0.647. The van der Waals surface area contributed by atoms with E-state index in [4.69, 9.17) is 18.9 Å². The van der Waals surface area contributed by atoms with E-state index in [0.29, 0.717) is 49.7 Å². The number of carbonyl (C=O) groups excluding carboxylic acids is 1. The first-order valence-corrected chi connectivity index (χ1v) is 11.3. The first-order chi connectivity index (χ1) is 16.0. The molecule has 3 atom stereocenters. The van der Waals surface area contributed by atoms with Gasteiger partial charge in [-0.1, -0.05) is 18.2 Å². The topological polar surface area (TPSA) is 91.3 Å². The molecule has 5 rings (SSSR count). The van der Waals surface area contributed by atoms with Gasteiger partial charge < -0.3 is 24.1 Å². The maximum Gasteiger partial charge on any atom is 0.313 e. The van der Waals surface area contributed by atoms with Gasteiger partial charge >= 0.3 is 5.97 Å². The lowest BCUT2D eigenvalue weighted by molar-refractivity contribution is -0.145. The van der Waals surface area contributed by atoms with Crippen LogP contribution in [0.2, 0.25) is 0 Å². The lowest BCUT2D eigenvalue weighted by Crippen LogP contribution is -2.28. The van der Waals surface area contributed by atoms with Crippen molar-refractivity contribution in [2.45, 2.75) is 25.7 Å². The molecule has 1 aliphatic heterocycles. The number of methoxy groups -OCH3 is 2. The average Bonchev–Trinajstić information content (AvgIpc) is 3.13. The second-order valence-corrected chi connectivity index (χ2v) is 9.12. The monoisotopic (exact) mass is 452 g/mol. The van der Waals surface area contributed by atoms with Crippen LogP contribution in [0, 0.1) is 17.3 Å². The van der Waals surface area contributed by atoms with Crippen molar-refractivity contribution in [2.75, 3.05) is 34.0 Å². The van der Waals surface area contributed by atoms with E-state index in [-0.39, 0.29) is 24.2 Å². The van der Waals surface area contributed by atoms with E-state index in [1.165, 1.54) is 7.11 Å². The number of rotatable bonds is 8. The van der Waals surface area contributed by atoms with Crippen molar-refractivity contribution in [1.29, 1.82) is 0 Å². The van der Waals surface area contributed by atoms with Gasteiger partial charge in [-0.25, -0.2) is 0 Å². The first kappa shape index (κ1) is 21.8. The normalized spacial score (nSPS) is 25.6. The smallest absolute Gasteiger partial charge is 0.313 e. The Labute approximate surface area is 192 Å². The summed E-state index contributed by atoms with van der Waals surface area (Å²) in [5.41, 5.74) is 2.45. The summed E-state index contributed by atoms with van der Waals surface area (Å²) in [7, 11) is 3.09. The molecule has 0 bridgehead atoms. The van der Waals surface area contributed by atoms with Gasteiger partial charge in [0.25, 0.3) is 0 Å². The van der Waals surface area contributed by atoms with Crippen LogP contribution >= 0.6 is 0 Å². The minimum absolute atomic E-state index is 0.0357. The third kappa shape index (κ3) is 3.55. The van der Waals surface area contributed by atoms with Gasteiger partial charge in [-0.2, -0.15) is 0 Å². The fraction of sp³-hybridized carbons (Fsp3) is 0.462. The van der Waals surface area contributed by atoms with Crippen molar-refractivity contribution >= 4 is 11.8 Å². The van der Waals surface area contributed by atoms with Crippen LogP contribution in [0.5, 0.6) is 17.2 Å². The minimum atomic E-state index is -0.932. The third-order valence-corrected chi connectivity index (χ3v) is 7.44. The van der Waals surface area contributed by atoms with Gasteiger partial charge in [-0.3, -0.25) is 9.59 Å². The van der Waals surface area contributed by atoms with Gasteiger partial charge in [-0.15, -0.1) is 0 Å². The summed E-state index contributed by atoms with van der Waals surface area (Å²) in [5.74, 6) is 0.947. The molecule has 174 valence electrons. The number of carboxylic acids is 1. The molecule has 1 N–H and O–H groups in total. The summed E-state index contributed by atoms with van der Waals surface area (Å²) in [6.45, 7) is 1.33. The molecule has 0 radical (unpaired) electrons. The lowest BCUT2D eigenvalue weighted by atomic mass is 9.94. The standard InChI is InChI=1S/C26H28O7/c1-30-22-9-7-19(16-4-3-5-18-17(16)6-8-21(18)27)23(24(22)31-2)33-14-26(25(28)29)12-20(26)15-10-11-32-13-15/h3-5,7,9,15,20H,6,8,10-14H2,1-2H3,(H,28,29). The van der Waals surface area contributed by atoms with Crippen LogP contribution in [0.4, 0.5) is 0 Å². The molecule has 0 aromatic heterocycles. The van der Waals surface area contributed by atoms with Crippen molar-refractivity contribution < 1.29 is 33.6 Å². The Kier molecular flexibility index (Phi) is 5.52. The summed E-state index contributed by atoms with van der Waals surface area (Å²) in [6, 6.07) is 9.38. The fourth-order valence-corrected chi connectivity index (χ4v) is 5.49. The highest BCUT2D eigenvalue weighted by Gasteiger charge is 2.64. The lowest BCUT2D eigenvalue weighted by Gasteiger charge is -2.22. The highest BCUT2D eigenvalue weighted by Crippen LogP contribution is 2.59. The number of hydrogen-bond acceptors (Lipinski definition) is 6. The molecule has 2 aromatic rings. The molecule has 0 spiro atoms. The van der Waals surface area contributed by atoms with Gasteiger partial charge in [-0.05, 0) is 54.4 Å². The van der Waals surface area contributed by atoms with Crippen molar-refractivity contribution in [3.8, 4) is 28.4 Å². The Morgan fingerprint density at radius 1 is 1.09 bits per heavy atom. The van der Waals surface area contributed by atoms with E-state index in [2.05, 4.69) is 0 Å². The number of benzene rings is 2. The zero-order chi connectivity index (χ0) is 23.2. The van der Waals surface area contributed by atoms with Gasteiger partial charge in [0.1, 0.15) is 12.0 Å². The number of Topliss-reactive ketones (excluding diaryl/α,β-unsaturated/α-hetero) is 1. The van der Waals surface area contributed by atoms with Crippen molar-refractivity contribution in [2.24, 2.45) is 17.3 Å². The molecule has 1 saturated heterocycles. The largest absolute Gasteiger partial charge is 0.493 e. The van der Waals surface area contributed by atoms with Crippen LogP contribution < -0.4 is 14.2 Å². The third-order valence-electron chi connectivity index (χ3n) is 7.44. The minimum Gasteiger partial charge on any atom is -0.493 e. The van der Waals surface area contributed by atoms with Crippen LogP contribution in [0.15, 0.2) is 30.3 Å². The van der Waals surface area contributed by atoms with Gasteiger partial charge in [0.05, 0.1) is 14.2 Å². The molecular weight excluding hydrogens is 424 g/mol. The molecule has 2 fully saturated rings. The summed E-state index contributed by atoms with van der Waals surface area (Å²) < 4.78 is 22.9. The molecule has 0 amide bonds. The Bertz CT molecular complexity index is 1100. The van der Waals surface area contributed by atoms with Crippen LogP contribution in [-0.4, -0.2) is 50.9 Å². The van der Waals surface area contributed by atoms with Crippen LogP contribution in [0.25, 0.3) is 11.1 Å². The summed E-state index contributed by atoms with van der Waals surface area (Å²) in [6.07, 6.45) is 2.62. The van der Waals surface area contributed by atoms with Crippen LogP contribution in [0.1, 0.15) is 35.2 Å². The number of ether oxygens (including phenoxy) is 4. The highest BCUT2D eigenvalue weighted by molar-refractivity contribution is 6.02. The second-order valence-electron chi connectivity index (χ2n) is 9.12. The van der Waals surface area contributed by atoms with E-state index >= 15 is 0 Å². The molecule has 7 nitrogen and oxygen atoms in total. The highest BCUT2D eigenvalue weighted by atomic mass is 16.5. The molecule has 3 aliphatic rings. The number of aliphatic carboxylic acids is 1. The van der Waals surface area contributed by atoms with Crippen LogP contribution in [0.3, 0.4) is 0 Å². The molecule has 2 aliphatic carbocycles. The van der Waals surface area contributed by atoms with Gasteiger partial charge in [0.15, 0.2) is 17.3 Å². The fourth-order valence-electron chi connectivity index (χ4n) is 5.49. The number of ketones is 1. The molecule has 3 unspecified atom stereocenters. The summed E-state index contributed by atoms with van der Waals surface area (Å²) in [4.78, 5) is 24.6. The molecule has 1 saturated carbocycles. The second kappa shape index (κ2) is 8.37. The molecule has 1 heterocycles. The summed E-state index contributed by atoms with van der Waals surface area (Å²) in [5, 5.41) is 10.1. The Hall–Kier alpha value is -3.06. The zero-order valence-corrected chi connectivity index (χ0v) is 18.9. The van der Waals surface area contributed by atoms with Gasteiger partial charge in [0.2, 0.25) is 5.75 Å². The SMILES string of the molecule is COc1ccc(-c2cccc3c2CCC3=O)c(OCC2(C(=O)O)CC2C2CCOC2)c1OC. The number of carboxylic acid groups (broad SMARTS) is 1. The maximum atomic E-state index is 12.3. The van der Waals surface area contributed by atoms with Crippen molar-refractivity contribution in [1.82, 2.24) is 0 Å². The van der Waals surface area contributed by atoms with E-state index in [9.17, 15) is 14.7 Å². The zero-order valence-electron chi connectivity index (χ0n) is 18.9. The Morgan fingerprint density at radius 2 is 1.91 bits per heavy atom. The molecule has 2 aromatic carbocycles. The van der Waals surface area contributed by atoms with Crippen LogP contribution in [-0.2, 0) is 16.0 Å². The van der Waals surface area contributed by atoms with Crippen molar-refractivity contribution in [3.63, 3.8) is 0 Å². The Morgan fingerprint density at radius 3 is 2.61 bits per heavy atom. The van der Waals surface area contributed by atoms with Crippen molar-refractivity contribution in [3.05, 3.63) is 41.5 Å².